The molecule has 2 nitrogen and oxygen atoms in total. The third kappa shape index (κ3) is 4.33. The molecule has 0 fully saturated rings. The molecule has 0 aromatic heterocycles. The molecule has 0 bridgehead atoms. The van der Waals surface area contributed by atoms with Gasteiger partial charge in [-0.25, -0.2) is 4.21 Å². The minimum Gasteiger partial charge on any atom is -1.00 e. The van der Waals surface area contributed by atoms with E-state index in [1.807, 2.05) is 6.07 Å². The van der Waals surface area contributed by atoms with Crippen molar-refractivity contribution in [3.05, 3.63) is 29.8 Å². The van der Waals surface area contributed by atoms with Crippen molar-refractivity contribution in [2.75, 3.05) is 0 Å². The van der Waals surface area contributed by atoms with Gasteiger partial charge in [-0.15, -0.1) is 0 Å². The summed E-state index contributed by atoms with van der Waals surface area (Å²) < 4.78 is 19.5. The van der Waals surface area contributed by atoms with E-state index in [1.54, 1.807) is 18.2 Å². The van der Waals surface area contributed by atoms with Crippen LogP contribution in [-0.2, 0) is 11.1 Å². The number of hydrogen-bond donors (Lipinski definition) is 1. The first kappa shape index (κ1) is 14.0. The van der Waals surface area contributed by atoms with Crippen molar-refractivity contribution in [2.45, 2.75) is 24.7 Å². The van der Waals surface area contributed by atoms with Gasteiger partial charge < -0.3 is 5.98 Å². The second-order valence-corrected chi connectivity index (χ2v) is 3.95. The van der Waals surface area contributed by atoms with E-state index in [-0.39, 0.29) is 52.8 Å². The van der Waals surface area contributed by atoms with Crippen LogP contribution in [0.5, 0.6) is 0 Å². The predicted molar refractivity (Wildman–Crippen MR) is 50.7 cm³/mol. The normalized spacial score (nSPS) is 12.3. The second-order valence-electron chi connectivity index (χ2n) is 2.98. The van der Waals surface area contributed by atoms with Crippen LogP contribution in [0.25, 0.3) is 0 Å². The smallest absolute Gasteiger partial charge is 1.00 e. The van der Waals surface area contributed by atoms with E-state index in [0.29, 0.717) is 10.8 Å². The van der Waals surface area contributed by atoms with Gasteiger partial charge in [0.15, 0.2) is 11.1 Å². The molecule has 0 heterocycles. The fourth-order valence-electron chi connectivity index (χ4n) is 0.982. The Labute approximate surface area is 125 Å². The summed E-state index contributed by atoms with van der Waals surface area (Å²) in [6, 6.07) is 7.18. The molecule has 1 atom stereocenters. The van der Waals surface area contributed by atoms with Crippen LogP contribution < -0.4 is 51.4 Å². The van der Waals surface area contributed by atoms with Gasteiger partial charge in [0, 0.05) is 0 Å². The molecule has 0 saturated carbocycles. The van der Waals surface area contributed by atoms with Gasteiger partial charge in [-0.1, -0.05) is 26.0 Å². The van der Waals surface area contributed by atoms with E-state index in [0.717, 1.165) is 5.56 Å². The quantitative estimate of drug-likeness (QED) is 0.543. The Morgan fingerprint density at radius 3 is 2.54 bits per heavy atom. The first-order valence-electron chi connectivity index (χ1n) is 3.82. The minimum atomic E-state index is -1.86. The molecule has 0 amide bonds. The molecule has 0 aliphatic heterocycles. The molecule has 0 aliphatic carbocycles. The molecule has 1 N–H and O–H groups in total. The van der Waals surface area contributed by atoms with Gasteiger partial charge >= 0.3 is 51.4 Å². The monoisotopic (exact) mass is 224 g/mol. The van der Waals surface area contributed by atoms with Crippen LogP contribution in [0.4, 0.5) is 0 Å². The number of hydrogen-bond acceptors (Lipinski definition) is 1. The third-order valence-corrected chi connectivity index (χ3v) is 2.38. The van der Waals surface area contributed by atoms with E-state index >= 15 is 0 Å². The third-order valence-electron chi connectivity index (χ3n) is 1.73. The molecule has 4 heteroatoms. The largest absolute Gasteiger partial charge is 1.00 e. The summed E-state index contributed by atoms with van der Waals surface area (Å²) in [6.07, 6.45) is 0. The van der Waals surface area contributed by atoms with Crippen molar-refractivity contribution in [1.82, 2.24) is 0 Å². The molecule has 0 aliphatic rings. The van der Waals surface area contributed by atoms with Crippen LogP contribution in [0, 0.1) is 0 Å². The maximum atomic E-state index is 10.7. The zero-order valence-electron chi connectivity index (χ0n) is 9.15. The number of rotatable bonds is 2. The molecular weight excluding hydrogens is 211 g/mol. The fraction of sp³-hybridized carbons (Fsp3) is 0.333. The predicted octanol–water partition coefficient (Wildman–Crippen LogP) is -0.493. The standard InChI is InChI=1S/C9H12O2S.K.H/c1-7(2)8-4-3-5-9(6-8)12(10)11;;/h3-7H,1-2H3,(H,10,11);;/q;+1;-1. The van der Waals surface area contributed by atoms with Crippen molar-refractivity contribution in [3.8, 4) is 0 Å². The Morgan fingerprint density at radius 2 is 2.08 bits per heavy atom. The molecule has 1 unspecified atom stereocenters. The van der Waals surface area contributed by atoms with E-state index in [9.17, 15) is 4.21 Å². The molecule has 0 spiro atoms. The molecule has 13 heavy (non-hydrogen) atoms. The maximum absolute atomic E-state index is 10.7. The SMILES string of the molecule is CC(C)c1cccc(S(=O)O)c1.[H-].[K+]. The minimum absolute atomic E-state index is 0. The molecular formula is C9H13KO2S. The van der Waals surface area contributed by atoms with Crippen molar-refractivity contribution < 1.29 is 61.6 Å². The molecule has 0 saturated heterocycles. The number of benzene rings is 1. The summed E-state index contributed by atoms with van der Waals surface area (Å²) in [4.78, 5) is 0.473. The van der Waals surface area contributed by atoms with Gasteiger partial charge in [0.05, 0.1) is 4.90 Å². The van der Waals surface area contributed by atoms with Crippen molar-refractivity contribution in [3.63, 3.8) is 0 Å². The van der Waals surface area contributed by atoms with Gasteiger partial charge in [0.1, 0.15) is 0 Å². The molecule has 1 rings (SSSR count). The summed E-state index contributed by atoms with van der Waals surface area (Å²) in [5, 5.41) is 0. The van der Waals surface area contributed by atoms with Gasteiger partial charge in [0.2, 0.25) is 0 Å². The van der Waals surface area contributed by atoms with Crippen molar-refractivity contribution in [1.29, 1.82) is 0 Å². The van der Waals surface area contributed by atoms with Crippen LogP contribution >= 0.6 is 0 Å². The average molecular weight is 224 g/mol. The Bertz CT molecular complexity index is 305. The van der Waals surface area contributed by atoms with Crippen LogP contribution in [0.2, 0.25) is 0 Å². The Hall–Kier alpha value is 0.966. The van der Waals surface area contributed by atoms with Crippen LogP contribution in [0.3, 0.4) is 0 Å². The Kier molecular flexibility index (Phi) is 6.93. The van der Waals surface area contributed by atoms with Gasteiger partial charge in [0.25, 0.3) is 0 Å². The molecule has 1 aromatic rings. The molecule has 0 radical (unpaired) electrons. The van der Waals surface area contributed by atoms with E-state index in [4.69, 9.17) is 4.55 Å². The van der Waals surface area contributed by atoms with Crippen LogP contribution in [0.1, 0.15) is 26.8 Å². The summed E-state index contributed by atoms with van der Waals surface area (Å²) in [5.74, 6) is 0.397. The first-order valence-corrected chi connectivity index (χ1v) is 4.92. The maximum Gasteiger partial charge on any atom is 1.00 e. The Morgan fingerprint density at radius 1 is 1.46 bits per heavy atom. The van der Waals surface area contributed by atoms with Crippen LogP contribution in [0.15, 0.2) is 29.2 Å². The van der Waals surface area contributed by atoms with E-state index in [2.05, 4.69) is 13.8 Å². The van der Waals surface area contributed by atoms with E-state index in [1.165, 1.54) is 0 Å². The zero-order valence-corrected chi connectivity index (χ0v) is 12.1. The average Bonchev–Trinajstić information content (AvgIpc) is 2.04. The van der Waals surface area contributed by atoms with Gasteiger partial charge in [-0.05, 0) is 23.6 Å². The summed E-state index contributed by atoms with van der Waals surface area (Å²) in [6.45, 7) is 4.11. The van der Waals surface area contributed by atoms with Crippen LogP contribution in [-0.4, -0.2) is 8.76 Å². The topological polar surface area (TPSA) is 37.3 Å². The van der Waals surface area contributed by atoms with Gasteiger partial charge in [-0.3, -0.25) is 0 Å². The van der Waals surface area contributed by atoms with Gasteiger partial charge in [-0.2, -0.15) is 0 Å². The summed E-state index contributed by atoms with van der Waals surface area (Å²) >= 11 is -1.86. The summed E-state index contributed by atoms with van der Waals surface area (Å²) in [7, 11) is 0. The Balaban J connectivity index is 0. The second kappa shape index (κ2) is 6.45. The fourth-order valence-corrected chi connectivity index (χ4v) is 1.41. The van der Waals surface area contributed by atoms with Crippen molar-refractivity contribution >= 4 is 11.1 Å². The zero-order chi connectivity index (χ0) is 9.14. The molecule has 68 valence electrons. The van der Waals surface area contributed by atoms with E-state index < -0.39 is 11.1 Å². The summed E-state index contributed by atoms with van der Waals surface area (Å²) in [5.41, 5.74) is 1.09. The molecule has 1 aromatic carbocycles. The van der Waals surface area contributed by atoms with Crippen molar-refractivity contribution in [2.24, 2.45) is 0 Å². The first-order chi connectivity index (χ1) is 5.61.